The first-order valence-electron chi connectivity index (χ1n) is 8.66. The van der Waals surface area contributed by atoms with Crippen molar-refractivity contribution in [1.82, 2.24) is 0 Å². The molecule has 0 unspecified atom stereocenters. The fourth-order valence-electron chi connectivity index (χ4n) is 3.42. The third-order valence-corrected chi connectivity index (χ3v) is 4.84. The summed E-state index contributed by atoms with van der Waals surface area (Å²) >= 11 is 0. The first kappa shape index (κ1) is 17.0. The fourth-order valence-corrected chi connectivity index (χ4v) is 3.42. The Morgan fingerprint density at radius 2 is 1.67 bits per heavy atom. The molecule has 0 heterocycles. The first-order valence-corrected chi connectivity index (χ1v) is 8.66. The molecule has 0 bridgehead atoms. The molecule has 4 rings (SSSR count). The summed E-state index contributed by atoms with van der Waals surface area (Å²) in [6.45, 7) is 0. The maximum atomic E-state index is 6.31. The van der Waals surface area contributed by atoms with Crippen LogP contribution >= 0.6 is 0 Å². The third kappa shape index (κ3) is 2.87. The molecular weight excluding hydrogens is 338 g/mol. The summed E-state index contributed by atoms with van der Waals surface area (Å²) in [5.41, 5.74) is 10.5. The summed E-state index contributed by atoms with van der Waals surface area (Å²) in [7, 11) is 5.13. The quantitative estimate of drug-likeness (QED) is 0.433. The van der Waals surface area contributed by atoms with Crippen molar-refractivity contribution in [2.45, 2.75) is 0 Å². The van der Waals surface area contributed by atoms with Gasteiger partial charge in [0.05, 0.1) is 25.6 Å². The van der Waals surface area contributed by atoms with Gasteiger partial charge in [-0.2, -0.15) is 0 Å². The predicted molar refractivity (Wildman–Crippen MR) is 112 cm³/mol. The molecule has 136 valence electrons. The molecule has 3 aromatic rings. The predicted octanol–water partition coefficient (Wildman–Crippen LogP) is 4.42. The van der Waals surface area contributed by atoms with Gasteiger partial charge < -0.3 is 20.1 Å². The smallest absolute Gasteiger partial charge is 0.200 e. The number of hydrogen-bond acceptors (Lipinski definition) is 3. The van der Waals surface area contributed by atoms with Gasteiger partial charge in [0, 0.05) is 18.5 Å². The highest BCUT2D eigenvalue weighted by atomic mass is 16.5. The van der Waals surface area contributed by atoms with E-state index >= 15 is 0 Å². The van der Waals surface area contributed by atoms with Gasteiger partial charge in [-0.1, -0.05) is 36.4 Å². The Morgan fingerprint density at radius 3 is 2.41 bits per heavy atom. The second-order valence-corrected chi connectivity index (χ2v) is 6.35. The summed E-state index contributed by atoms with van der Waals surface area (Å²) in [5.74, 6) is 1.67. The lowest BCUT2D eigenvalue weighted by atomic mass is 10.0. The van der Waals surface area contributed by atoms with Crippen molar-refractivity contribution in [1.29, 1.82) is 0 Å². The first-order chi connectivity index (χ1) is 13.1. The van der Waals surface area contributed by atoms with Crippen LogP contribution in [0, 0.1) is 0 Å². The van der Waals surface area contributed by atoms with Crippen LogP contribution in [0.25, 0.3) is 22.9 Å². The van der Waals surface area contributed by atoms with E-state index in [1.54, 1.807) is 20.3 Å². The second-order valence-electron chi connectivity index (χ2n) is 6.35. The minimum absolute atomic E-state index is 0.397. The van der Waals surface area contributed by atoms with Gasteiger partial charge in [-0.3, -0.25) is 0 Å². The monoisotopic (exact) mass is 359 g/mol. The van der Waals surface area contributed by atoms with Crippen LogP contribution < -0.4 is 20.1 Å². The normalized spacial score (nSPS) is 12.5. The fraction of sp³-hybridized carbons (Fsp3) is 0.136. The molecule has 0 saturated carbocycles. The van der Waals surface area contributed by atoms with Gasteiger partial charge in [0.15, 0.2) is 11.5 Å². The largest absolute Gasteiger partial charge is 0.493 e. The van der Waals surface area contributed by atoms with Crippen molar-refractivity contribution < 1.29 is 9.47 Å². The van der Waals surface area contributed by atoms with Crippen molar-refractivity contribution in [2.24, 2.45) is 10.7 Å². The minimum Gasteiger partial charge on any atom is -0.493 e. The van der Waals surface area contributed by atoms with E-state index in [1.807, 2.05) is 24.1 Å². The lowest BCUT2D eigenvalue weighted by molar-refractivity contribution is 0.355. The van der Waals surface area contributed by atoms with E-state index < -0.39 is 0 Å². The molecule has 5 heteroatoms. The van der Waals surface area contributed by atoms with Crippen LogP contribution in [0.15, 0.2) is 53.5 Å². The van der Waals surface area contributed by atoms with Gasteiger partial charge in [0.25, 0.3) is 0 Å². The van der Waals surface area contributed by atoms with Gasteiger partial charge in [-0.05, 0) is 34.7 Å². The Balaban J connectivity index is 1.72. The molecule has 3 aromatic carbocycles. The lowest BCUT2D eigenvalue weighted by Crippen LogP contribution is -2.33. The zero-order chi connectivity index (χ0) is 19.0. The van der Waals surface area contributed by atoms with Crippen molar-refractivity contribution >= 4 is 40.3 Å². The van der Waals surface area contributed by atoms with E-state index in [0.29, 0.717) is 23.1 Å². The molecular formula is C22H21N3O2. The minimum atomic E-state index is 0.397. The van der Waals surface area contributed by atoms with Crippen molar-refractivity contribution in [2.75, 3.05) is 26.2 Å². The highest BCUT2D eigenvalue weighted by molar-refractivity contribution is 6.12. The number of anilines is 1. The van der Waals surface area contributed by atoms with Crippen LogP contribution in [0.4, 0.5) is 11.4 Å². The van der Waals surface area contributed by atoms with Crippen molar-refractivity contribution in [3.05, 3.63) is 59.7 Å². The van der Waals surface area contributed by atoms with Gasteiger partial charge in [-0.15, -0.1) is 0 Å². The average Bonchev–Trinajstić information content (AvgIpc) is 3.12. The molecule has 5 nitrogen and oxygen atoms in total. The van der Waals surface area contributed by atoms with Gasteiger partial charge >= 0.3 is 0 Å². The number of nitrogens with two attached hydrogens (primary N) is 1. The third-order valence-electron chi connectivity index (χ3n) is 4.84. The Morgan fingerprint density at radius 1 is 0.926 bits per heavy atom. The summed E-state index contributed by atoms with van der Waals surface area (Å²) < 4.78 is 10.6. The number of hydrogen-bond donors (Lipinski definition) is 1. The van der Waals surface area contributed by atoms with Crippen LogP contribution in [0.3, 0.4) is 0 Å². The Hall–Kier alpha value is -3.47. The SMILES string of the molecule is COc1ccc(N=C(N)N(C)c2ccc3c4c(cccc24)C=C3)cc1OC. The molecule has 2 N–H and O–H groups in total. The summed E-state index contributed by atoms with van der Waals surface area (Å²) in [6.07, 6.45) is 4.28. The molecule has 1 aliphatic rings. The van der Waals surface area contributed by atoms with E-state index in [9.17, 15) is 0 Å². The molecule has 1 aliphatic carbocycles. The molecule has 0 aliphatic heterocycles. The topological polar surface area (TPSA) is 60.1 Å². The van der Waals surface area contributed by atoms with Crippen molar-refractivity contribution in [3.63, 3.8) is 0 Å². The number of aliphatic imine (C=N–C) groups is 1. The molecule has 0 atom stereocenters. The van der Waals surface area contributed by atoms with Crippen molar-refractivity contribution in [3.8, 4) is 11.5 Å². The average molecular weight is 359 g/mol. The van der Waals surface area contributed by atoms with Gasteiger partial charge in [0.1, 0.15) is 0 Å². The van der Waals surface area contributed by atoms with E-state index in [-0.39, 0.29) is 0 Å². The molecule has 27 heavy (non-hydrogen) atoms. The lowest BCUT2D eigenvalue weighted by Gasteiger charge is -2.21. The second kappa shape index (κ2) is 6.68. The van der Waals surface area contributed by atoms with Gasteiger partial charge in [0.2, 0.25) is 5.96 Å². The number of guanidine groups is 1. The number of benzene rings is 3. The standard InChI is InChI=1S/C22H21N3O2/c1-25(22(23)24-16-10-12-19(26-2)20(13-16)27-3)18-11-9-15-8-7-14-5-4-6-17(18)21(14)15/h4-13H,1-3H3,(H2,23,24). The molecule has 0 saturated heterocycles. The number of nitrogens with zero attached hydrogens (tertiary/aromatic N) is 2. The summed E-state index contributed by atoms with van der Waals surface area (Å²) in [4.78, 5) is 6.46. The molecule has 0 spiro atoms. The maximum absolute atomic E-state index is 6.31. The Kier molecular flexibility index (Phi) is 4.20. The van der Waals surface area contributed by atoms with E-state index in [2.05, 4.69) is 47.5 Å². The maximum Gasteiger partial charge on any atom is 0.200 e. The van der Waals surface area contributed by atoms with Crippen LogP contribution in [-0.4, -0.2) is 27.2 Å². The number of methoxy groups -OCH3 is 2. The number of ether oxygens (including phenoxy) is 2. The zero-order valence-electron chi connectivity index (χ0n) is 15.6. The van der Waals surface area contributed by atoms with Crippen LogP contribution in [0.2, 0.25) is 0 Å². The summed E-state index contributed by atoms with van der Waals surface area (Å²) in [5, 5.41) is 2.41. The summed E-state index contributed by atoms with van der Waals surface area (Å²) in [6, 6.07) is 16.0. The van der Waals surface area contributed by atoms with Gasteiger partial charge in [-0.25, -0.2) is 4.99 Å². The molecule has 0 radical (unpaired) electrons. The van der Waals surface area contributed by atoms with E-state index in [4.69, 9.17) is 15.2 Å². The van der Waals surface area contributed by atoms with Crippen LogP contribution in [-0.2, 0) is 0 Å². The molecule has 0 amide bonds. The number of rotatable bonds is 4. The van der Waals surface area contributed by atoms with E-state index in [1.165, 1.54) is 16.5 Å². The highest BCUT2D eigenvalue weighted by Gasteiger charge is 2.15. The zero-order valence-corrected chi connectivity index (χ0v) is 15.6. The highest BCUT2D eigenvalue weighted by Crippen LogP contribution is 2.37. The van der Waals surface area contributed by atoms with Crippen LogP contribution in [0.5, 0.6) is 11.5 Å². The Labute approximate surface area is 158 Å². The molecule has 0 fully saturated rings. The van der Waals surface area contributed by atoms with Crippen LogP contribution in [0.1, 0.15) is 11.1 Å². The Bertz CT molecular complexity index is 1070. The molecule has 0 aromatic heterocycles. The van der Waals surface area contributed by atoms with E-state index in [0.717, 1.165) is 11.1 Å².